The summed E-state index contributed by atoms with van der Waals surface area (Å²) >= 11 is 0.977. The third-order valence-electron chi connectivity index (χ3n) is 3.84. The standard InChI is InChI=1S/C14H24N4O4S/c1-11(2)9-17-13(21)18(23-14(17)22)8-7-15-3-5-16(6-4-15)10-12(19)20/h11H,3-10H2,1-2H3,(H,19,20). The first-order valence-corrected chi connectivity index (χ1v) is 8.61. The maximum atomic E-state index is 12.2. The number of carboxylic acids is 1. The molecule has 23 heavy (non-hydrogen) atoms. The van der Waals surface area contributed by atoms with Crippen LogP contribution in [0.5, 0.6) is 0 Å². The van der Waals surface area contributed by atoms with Crippen LogP contribution in [0.2, 0.25) is 0 Å². The highest BCUT2D eigenvalue weighted by Gasteiger charge is 2.19. The molecule has 0 radical (unpaired) electrons. The molecular weight excluding hydrogens is 320 g/mol. The van der Waals surface area contributed by atoms with Crippen LogP contribution in [0.15, 0.2) is 9.59 Å². The van der Waals surface area contributed by atoms with Gasteiger partial charge in [-0.05, 0) is 5.92 Å². The lowest BCUT2D eigenvalue weighted by atomic mass is 10.2. The van der Waals surface area contributed by atoms with E-state index >= 15 is 0 Å². The molecule has 2 heterocycles. The van der Waals surface area contributed by atoms with Crippen molar-refractivity contribution in [2.24, 2.45) is 5.92 Å². The van der Waals surface area contributed by atoms with Gasteiger partial charge < -0.3 is 5.11 Å². The van der Waals surface area contributed by atoms with Crippen molar-refractivity contribution in [3.63, 3.8) is 0 Å². The number of aromatic nitrogens is 2. The number of carboxylic acid groups (broad SMARTS) is 1. The maximum absolute atomic E-state index is 12.2. The molecule has 0 unspecified atom stereocenters. The highest BCUT2D eigenvalue weighted by Crippen LogP contribution is 2.02. The summed E-state index contributed by atoms with van der Waals surface area (Å²) < 4.78 is 2.83. The van der Waals surface area contributed by atoms with Gasteiger partial charge in [-0.2, -0.15) is 0 Å². The fourth-order valence-corrected chi connectivity index (χ4v) is 3.44. The van der Waals surface area contributed by atoms with E-state index in [1.807, 2.05) is 18.7 Å². The zero-order valence-corrected chi connectivity index (χ0v) is 14.4. The lowest BCUT2D eigenvalue weighted by molar-refractivity contribution is -0.138. The van der Waals surface area contributed by atoms with E-state index in [-0.39, 0.29) is 23.0 Å². The van der Waals surface area contributed by atoms with Gasteiger partial charge in [0.15, 0.2) is 0 Å². The zero-order chi connectivity index (χ0) is 17.0. The lowest BCUT2D eigenvalue weighted by Crippen LogP contribution is -2.48. The largest absolute Gasteiger partial charge is 0.480 e. The summed E-state index contributed by atoms with van der Waals surface area (Å²) in [6, 6.07) is 0. The van der Waals surface area contributed by atoms with E-state index in [4.69, 9.17) is 5.11 Å². The summed E-state index contributed by atoms with van der Waals surface area (Å²) in [5.41, 5.74) is -0.224. The van der Waals surface area contributed by atoms with Crippen LogP contribution in [0, 0.1) is 5.92 Å². The van der Waals surface area contributed by atoms with E-state index in [0.717, 1.165) is 24.6 Å². The smallest absolute Gasteiger partial charge is 0.341 e. The monoisotopic (exact) mass is 344 g/mol. The van der Waals surface area contributed by atoms with Crippen molar-refractivity contribution in [2.75, 3.05) is 39.3 Å². The molecule has 1 fully saturated rings. The van der Waals surface area contributed by atoms with E-state index in [0.29, 0.717) is 32.7 Å². The molecule has 1 aliphatic heterocycles. The second-order valence-corrected chi connectivity index (χ2v) is 7.23. The molecule has 1 saturated heterocycles. The molecule has 1 aromatic rings. The maximum Gasteiger partial charge on any atom is 0.341 e. The Bertz CT molecular complexity index is 640. The number of hydrogen-bond donors (Lipinski definition) is 1. The van der Waals surface area contributed by atoms with E-state index in [2.05, 4.69) is 4.90 Å². The number of nitrogens with zero attached hydrogens (tertiary/aromatic N) is 4. The van der Waals surface area contributed by atoms with Gasteiger partial charge >= 0.3 is 16.5 Å². The van der Waals surface area contributed by atoms with Gasteiger partial charge in [0.05, 0.1) is 13.1 Å². The Hall–Kier alpha value is -1.45. The topological polar surface area (TPSA) is 87.8 Å². The highest BCUT2D eigenvalue weighted by molar-refractivity contribution is 7.03. The Labute approximate surface area is 138 Å². The zero-order valence-electron chi connectivity index (χ0n) is 13.6. The Morgan fingerprint density at radius 3 is 2.30 bits per heavy atom. The predicted molar refractivity (Wildman–Crippen MR) is 88.2 cm³/mol. The molecule has 9 heteroatoms. The van der Waals surface area contributed by atoms with Crippen LogP contribution in [-0.2, 0) is 17.9 Å². The van der Waals surface area contributed by atoms with Crippen molar-refractivity contribution < 1.29 is 9.90 Å². The van der Waals surface area contributed by atoms with Gasteiger partial charge in [-0.15, -0.1) is 0 Å². The summed E-state index contributed by atoms with van der Waals surface area (Å²) in [4.78, 5) is 38.7. The second-order valence-electron chi connectivity index (χ2n) is 6.26. The number of piperazine rings is 1. The minimum absolute atomic E-state index is 0.0764. The molecule has 0 aromatic carbocycles. The van der Waals surface area contributed by atoms with Crippen molar-refractivity contribution in [1.82, 2.24) is 18.3 Å². The van der Waals surface area contributed by atoms with Gasteiger partial charge in [-0.25, -0.2) is 13.3 Å². The van der Waals surface area contributed by atoms with Gasteiger partial charge in [-0.1, -0.05) is 13.8 Å². The molecule has 8 nitrogen and oxygen atoms in total. The molecule has 1 N–H and O–H groups in total. The van der Waals surface area contributed by atoms with Crippen LogP contribution in [0.4, 0.5) is 0 Å². The molecule has 0 aliphatic carbocycles. The SMILES string of the molecule is CC(C)Cn1c(=O)sn(CCN2CCN(CC(=O)O)CC2)c1=O. The van der Waals surface area contributed by atoms with Crippen molar-refractivity contribution in [1.29, 1.82) is 0 Å². The van der Waals surface area contributed by atoms with Crippen LogP contribution in [0.3, 0.4) is 0 Å². The summed E-state index contributed by atoms with van der Waals surface area (Å²) in [6.45, 7) is 8.67. The van der Waals surface area contributed by atoms with Gasteiger partial charge in [0, 0.05) is 50.8 Å². The molecule has 0 spiro atoms. The Morgan fingerprint density at radius 1 is 1.13 bits per heavy atom. The quantitative estimate of drug-likeness (QED) is 0.713. The predicted octanol–water partition coefficient (Wildman–Crippen LogP) is -0.570. The average molecular weight is 344 g/mol. The first-order chi connectivity index (χ1) is 10.9. The molecule has 2 rings (SSSR count). The normalized spacial score (nSPS) is 17.0. The second kappa shape index (κ2) is 7.89. The molecule has 0 bridgehead atoms. The summed E-state index contributed by atoms with van der Waals surface area (Å²) in [5.74, 6) is -0.549. The first-order valence-electron chi connectivity index (χ1n) is 7.84. The number of aliphatic carboxylic acids is 1. The van der Waals surface area contributed by atoms with Gasteiger partial charge in [0.1, 0.15) is 0 Å². The lowest BCUT2D eigenvalue weighted by Gasteiger charge is -2.33. The number of hydrogen-bond acceptors (Lipinski definition) is 6. The van der Waals surface area contributed by atoms with E-state index < -0.39 is 5.97 Å². The average Bonchev–Trinajstić information content (AvgIpc) is 2.73. The Balaban J connectivity index is 1.87. The molecular formula is C14H24N4O4S. The Morgan fingerprint density at radius 2 is 1.74 bits per heavy atom. The fourth-order valence-electron chi connectivity index (χ4n) is 2.65. The van der Waals surface area contributed by atoms with Crippen molar-refractivity contribution in [3.05, 3.63) is 20.2 Å². The van der Waals surface area contributed by atoms with Gasteiger partial charge in [0.25, 0.3) is 0 Å². The molecule has 0 saturated carbocycles. The summed E-state index contributed by atoms with van der Waals surface area (Å²) in [6.07, 6.45) is 0. The summed E-state index contributed by atoms with van der Waals surface area (Å²) in [5, 5.41) is 8.78. The molecule has 1 aromatic heterocycles. The molecule has 0 atom stereocenters. The number of carbonyl (C=O) groups is 1. The van der Waals surface area contributed by atoms with Crippen molar-refractivity contribution >= 4 is 17.5 Å². The van der Waals surface area contributed by atoms with E-state index in [1.54, 1.807) is 0 Å². The van der Waals surface area contributed by atoms with Crippen LogP contribution in [0.1, 0.15) is 13.8 Å². The third-order valence-corrected chi connectivity index (χ3v) is 4.78. The minimum Gasteiger partial charge on any atom is -0.480 e. The van der Waals surface area contributed by atoms with E-state index in [9.17, 15) is 14.4 Å². The van der Waals surface area contributed by atoms with Gasteiger partial charge in [0.2, 0.25) is 0 Å². The fraction of sp³-hybridized carbons (Fsp3) is 0.786. The van der Waals surface area contributed by atoms with E-state index in [1.165, 1.54) is 8.52 Å². The molecule has 1 aliphatic rings. The van der Waals surface area contributed by atoms with Crippen LogP contribution < -0.4 is 10.6 Å². The van der Waals surface area contributed by atoms with Crippen molar-refractivity contribution in [2.45, 2.75) is 26.9 Å². The third kappa shape index (κ3) is 5.02. The van der Waals surface area contributed by atoms with Crippen LogP contribution in [-0.4, -0.2) is 68.7 Å². The minimum atomic E-state index is -0.804. The number of rotatable bonds is 7. The molecule has 0 amide bonds. The van der Waals surface area contributed by atoms with Crippen LogP contribution >= 0.6 is 11.5 Å². The molecule has 130 valence electrons. The summed E-state index contributed by atoms with van der Waals surface area (Å²) in [7, 11) is 0. The van der Waals surface area contributed by atoms with Gasteiger partial charge in [-0.3, -0.25) is 19.4 Å². The van der Waals surface area contributed by atoms with Crippen LogP contribution in [0.25, 0.3) is 0 Å². The Kier molecular flexibility index (Phi) is 6.14. The highest BCUT2D eigenvalue weighted by atomic mass is 32.1. The first kappa shape index (κ1) is 17.9. The van der Waals surface area contributed by atoms with Crippen molar-refractivity contribution in [3.8, 4) is 0 Å².